The number of amides is 1. The smallest absolute Gasteiger partial charge is 0.391 e. The maximum absolute atomic E-state index is 12.8. The summed E-state index contributed by atoms with van der Waals surface area (Å²) in [7, 11) is -4.31. The van der Waals surface area contributed by atoms with E-state index in [9.17, 15) is 19.4 Å². The molecule has 0 saturated heterocycles. The number of hydrogen-bond acceptors (Lipinski definition) is 6. The molecule has 0 bridgehead atoms. The average Bonchev–Trinajstić information content (AvgIpc) is 3.10. The van der Waals surface area contributed by atoms with E-state index in [1.807, 2.05) is 0 Å². The van der Waals surface area contributed by atoms with Crippen LogP contribution in [0.4, 0.5) is 0 Å². The van der Waals surface area contributed by atoms with Gasteiger partial charge in [0.2, 0.25) is 5.91 Å². The molecule has 0 aromatic heterocycles. The first-order valence-corrected chi connectivity index (χ1v) is 23.1. The van der Waals surface area contributed by atoms with Crippen LogP contribution in [0.2, 0.25) is 0 Å². The van der Waals surface area contributed by atoms with E-state index in [1.165, 1.54) is 161 Å². The predicted octanol–water partition coefficient (Wildman–Crippen LogP) is 11.8. The molecule has 300 valence electrons. The fourth-order valence-electron chi connectivity index (χ4n) is 6.67. The number of hydrogen-bond donors (Lipinski definition) is 4. The highest BCUT2D eigenvalue weighted by molar-refractivity contribution is 7.47. The molecular formula is C41H85N2O6P. The lowest BCUT2D eigenvalue weighted by molar-refractivity contribution is -0.123. The van der Waals surface area contributed by atoms with E-state index < -0.39 is 20.0 Å². The van der Waals surface area contributed by atoms with Gasteiger partial charge in [-0.1, -0.05) is 206 Å². The molecule has 0 aromatic carbocycles. The Morgan fingerprint density at radius 1 is 0.580 bits per heavy atom. The largest absolute Gasteiger partial charge is 0.472 e. The van der Waals surface area contributed by atoms with Crippen LogP contribution in [0.5, 0.6) is 0 Å². The van der Waals surface area contributed by atoms with Gasteiger partial charge in [-0.25, -0.2) is 4.57 Å². The van der Waals surface area contributed by atoms with Crippen molar-refractivity contribution in [2.75, 3.05) is 19.8 Å². The number of carbonyl (C=O) groups excluding carboxylic acids is 1. The maximum Gasteiger partial charge on any atom is 0.472 e. The molecule has 50 heavy (non-hydrogen) atoms. The molecular weight excluding hydrogens is 647 g/mol. The van der Waals surface area contributed by atoms with E-state index in [0.717, 1.165) is 38.5 Å². The van der Waals surface area contributed by atoms with Crippen molar-refractivity contribution in [2.45, 2.75) is 238 Å². The normalized spacial score (nSPS) is 14.1. The molecule has 1 unspecified atom stereocenters. The molecule has 0 rings (SSSR count). The molecule has 8 nitrogen and oxygen atoms in total. The van der Waals surface area contributed by atoms with Gasteiger partial charge in [0.25, 0.3) is 0 Å². The van der Waals surface area contributed by atoms with E-state index in [-0.39, 0.29) is 25.7 Å². The SMILES string of the molecule is CCCCCCCCCCCCCCCCCCCC(=O)N[C@@H](COP(=O)(O)OCCN)[C@H](O)CCCCCCCCCCCCCCCC. The maximum atomic E-state index is 12.8. The zero-order valence-electron chi connectivity index (χ0n) is 33.2. The molecule has 3 atom stereocenters. The van der Waals surface area contributed by atoms with Crippen LogP contribution in [0.15, 0.2) is 0 Å². The second-order valence-electron chi connectivity index (χ2n) is 14.9. The van der Waals surface area contributed by atoms with Crippen molar-refractivity contribution in [3.05, 3.63) is 0 Å². The lowest BCUT2D eigenvalue weighted by Gasteiger charge is -2.25. The van der Waals surface area contributed by atoms with E-state index in [0.29, 0.717) is 12.8 Å². The third kappa shape index (κ3) is 35.9. The van der Waals surface area contributed by atoms with Gasteiger partial charge in [-0.15, -0.1) is 0 Å². The monoisotopic (exact) mass is 733 g/mol. The second-order valence-corrected chi connectivity index (χ2v) is 16.4. The van der Waals surface area contributed by atoms with Crippen LogP contribution in [0, 0.1) is 0 Å². The summed E-state index contributed by atoms with van der Waals surface area (Å²) in [5.41, 5.74) is 5.38. The topological polar surface area (TPSA) is 131 Å². The third-order valence-electron chi connectivity index (χ3n) is 9.96. The van der Waals surface area contributed by atoms with Crippen LogP contribution in [-0.4, -0.2) is 47.8 Å². The van der Waals surface area contributed by atoms with Gasteiger partial charge in [0.05, 0.1) is 25.4 Å². The Morgan fingerprint density at radius 3 is 1.28 bits per heavy atom. The first-order valence-electron chi connectivity index (χ1n) is 21.7. The van der Waals surface area contributed by atoms with Gasteiger partial charge in [0.1, 0.15) is 0 Å². The van der Waals surface area contributed by atoms with Gasteiger partial charge in [0.15, 0.2) is 0 Å². The van der Waals surface area contributed by atoms with Crippen LogP contribution >= 0.6 is 7.82 Å². The predicted molar refractivity (Wildman–Crippen MR) is 212 cm³/mol. The van der Waals surface area contributed by atoms with Gasteiger partial charge in [-0.05, 0) is 12.8 Å². The molecule has 0 radical (unpaired) electrons. The van der Waals surface area contributed by atoms with Crippen molar-refractivity contribution in [2.24, 2.45) is 5.73 Å². The molecule has 0 aliphatic heterocycles. The van der Waals surface area contributed by atoms with Crippen molar-refractivity contribution in [3.63, 3.8) is 0 Å². The minimum absolute atomic E-state index is 0.0924. The number of phosphoric ester groups is 1. The van der Waals surface area contributed by atoms with E-state index in [2.05, 4.69) is 19.2 Å². The summed E-state index contributed by atoms with van der Waals surface area (Å²) in [6, 6.07) is -0.766. The lowest BCUT2D eigenvalue weighted by Crippen LogP contribution is -2.46. The number of aliphatic hydroxyl groups is 1. The highest BCUT2D eigenvalue weighted by atomic mass is 31.2. The van der Waals surface area contributed by atoms with Crippen LogP contribution < -0.4 is 11.1 Å². The minimum Gasteiger partial charge on any atom is -0.391 e. The van der Waals surface area contributed by atoms with Gasteiger partial charge in [-0.3, -0.25) is 13.8 Å². The zero-order chi connectivity index (χ0) is 36.8. The molecule has 1 amide bonds. The van der Waals surface area contributed by atoms with E-state index in [1.54, 1.807) is 0 Å². The molecule has 0 heterocycles. The molecule has 0 spiro atoms. The van der Waals surface area contributed by atoms with Crippen molar-refractivity contribution < 1.29 is 28.4 Å². The van der Waals surface area contributed by atoms with Crippen molar-refractivity contribution >= 4 is 13.7 Å². The Bertz CT molecular complexity index is 759. The number of aliphatic hydroxyl groups excluding tert-OH is 1. The Morgan fingerprint density at radius 2 is 0.920 bits per heavy atom. The first kappa shape index (κ1) is 49.5. The van der Waals surface area contributed by atoms with Crippen LogP contribution in [-0.2, 0) is 18.4 Å². The summed E-state index contributed by atoms with van der Waals surface area (Å²) < 4.78 is 22.2. The summed E-state index contributed by atoms with van der Waals surface area (Å²) >= 11 is 0. The fraction of sp³-hybridized carbons (Fsp3) is 0.976. The second kappa shape index (κ2) is 38.2. The average molecular weight is 733 g/mol. The Balaban J connectivity index is 4.12. The number of rotatable bonds is 41. The van der Waals surface area contributed by atoms with Gasteiger partial charge in [-0.2, -0.15) is 0 Å². The zero-order valence-corrected chi connectivity index (χ0v) is 34.1. The van der Waals surface area contributed by atoms with Crippen molar-refractivity contribution in [3.8, 4) is 0 Å². The summed E-state index contributed by atoms with van der Waals surface area (Å²) in [5, 5.41) is 13.8. The molecule has 0 fully saturated rings. The Hall–Kier alpha value is -0.500. The number of nitrogens with two attached hydrogens (primary N) is 1. The highest BCUT2D eigenvalue weighted by Crippen LogP contribution is 2.43. The molecule has 0 aromatic rings. The molecule has 0 aliphatic carbocycles. The van der Waals surface area contributed by atoms with Crippen LogP contribution in [0.25, 0.3) is 0 Å². The lowest BCUT2D eigenvalue weighted by atomic mass is 10.0. The standard InChI is InChI=1S/C41H85N2O6P/c1-3-5-7-9-11-13-15-17-19-20-21-23-25-27-29-31-33-35-41(45)43-39(38-49-50(46,47)48-37-36-42)40(44)34-32-30-28-26-24-22-18-16-14-12-10-8-6-4-2/h39-40,44H,3-38,42H2,1-2H3,(H,43,45)(H,46,47)/t39-,40+/m0/s1. The molecule has 5 N–H and O–H groups in total. The summed E-state index contributed by atoms with van der Waals surface area (Å²) in [5.74, 6) is -0.157. The number of phosphoric acid groups is 1. The van der Waals surface area contributed by atoms with E-state index >= 15 is 0 Å². The Kier molecular flexibility index (Phi) is 37.8. The summed E-state index contributed by atoms with van der Waals surface area (Å²) in [4.78, 5) is 22.7. The number of carbonyl (C=O) groups is 1. The minimum atomic E-state index is -4.31. The third-order valence-corrected chi connectivity index (χ3v) is 10.9. The fourth-order valence-corrected chi connectivity index (χ4v) is 7.43. The van der Waals surface area contributed by atoms with Crippen LogP contribution in [0.3, 0.4) is 0 Å². The summed E-state index contributed by atoms with van der Waals surface area (Å²) in [6.07, 6.45) is 39.6. The quantitative estimate of drug-likeness (QED) is 0.0363. The first-order chi connectivity index (χ1) is 24.4. The van der Waals surface area contributed by atoms with Gasteiger partial charge >= 0.3 is 7.82 Å². The van der Waals surface area contributed by atoms with E-state index in [4.69, 9.17) is 14.8 Å². The highest BCUT2D eigenvalue weighted by Gasteiger charge is 2.27. The van der Waals surface area contributed by atoms with Gasteiger partial charge < -0.3 is 21.1 Å². The summed E-state index contributed by atoms with van der Waals surface area (Å²) in [6.45, 7) is 4.23. The number of unbranched alkanes of at least 4 members (excludes halogenated alkanes) is 29. The Labute approximate surface area is 310 Å². The molecule has 0 saturated carbocycles. The van der Waals surface area contributed by atoms with Gasteiger partial charge in [0, 0.05) is 13.0 Å². The number of nitrogens with one attached hydrogen (secondary N) is 1. The van der Waals surface area contributed by atoms with Crippen LogP contribution in [0.1, 0.15) is 226 Å². The molecule has 9 heteroatoms. The molecule has 0 aliphatic rings. The van der Waals surface area contributed by atoms with Crippen molar-refractivity contribution in [1.82, 2.24) is 5.32 Å². The van der Waals surface area contributed by atoms with Crippen molar-refractivity contribution in [1.29, 1.82) is 0 Å².